The predicted molar refractivity (Wildman–Crippen MR) is 79.0 cm³/mol. The van der Waals surface area contributed by atoms with Gasteiger partial charge in [0.25, 0.3) is 0 Å². The van der Waals surface area contributed by atoms with Crippen LogP contribution in [-0.4, -0.2) is 16.1 Å². The van der Waals surface area contributed by atoms with E-state index in [1.165, 1.54) is 11.1 Å². The van der Waals surface area contributed by atoms with Gasteiger partial charge in [0.05, 0.1) is 0 Å². The van der Waals surface area contributed by atoms with Gasteiger partial charge in [-0.1, -0.05) is 26.8 Å². The van der Waals surface area contributed by atoms with E-state index in [2.05, 4.69) is 60.2 Å². The van der Waals surface area contributed by atoms with E-state index >= 15 is 0 Å². The van der Waals surface area contributed by atoms with Crippen LogP contribution in [0.25, 0.3) is 0 Å². The topological polar surface area (TPSA) is 29.9 Å². The number of pyridine rings is 1. The van der Waals surface area contributed by atoms with E-state index in [9.17, 15) is 0 Å². The van der Waals surface area contributed by atoms with Crippen molar-refractivity contribution in [1.29, 1.82) is 0 Å². The minimum atomic E-state index is 0.431. The Morgan fingerprint density at radius 3 is 2.79 bits per heavy atom. The van der Waals surface area contributed by atoms with Crippen LogP contribution in [0.3, 0.4) is 0 Å². The Morgan fingerprint density at radius 2 is 2.16 bits per heavy atom. The molecule has 0 fully saturated rings. The predicted octanol–water partition coefficient (Wildman–Crippen LogP) is 3.24. The SMILES string of the molecule is CCNC(c1ccn(Cc2cccnc2)c1)C(C)C. The lowest BCUT2D eigenvalue weighted by molar-refractivity contribution is 0.421. The van der Waals surface area contributed by atoms with Crippen molar-refractivity contribution in [3.05, 3.63) is 54.1 Å². The Hall–Kier alpha value is -1.61. The molecule has 0 saturated carbocycles. The van der Waals surface area contributed by atoms with Crippen molar-refractivity contribution in [2.45, 2.75) is 33.4 Å². The van der Waals surface area contributed by atoms with Gasteiger partial charge >= 0.3 is 0 Å². The minimum Gasteiger partial charge on any atom is -0.350 e. The fourth-order valence-electron chi connectivity index (χ4n) is 2.40. The van der Waals surface area contributed by atoms with Gasteiger partial charge in [0, 0.05) is 37.4 Å². The van der Waals surface area contributed by atoms with Crippen LogP contribution in [0.4, 0.5) is 0 Å². The first-order chi connectivity index (χ1) is 9.20. The highest BCUT2D eigenvalue weighted by Gasteiger charge is 2.15. The molecule has 2 aromatic rings. The highest BCUT2D eigenvalue weighted by Crippen LogP contribution is 2.22. The molecule has 0 saturated heterocycles. The van der Waals surface area contributed by atoms with E-state index in [1.54, 1.807) is 0 Å². The maximum Gasteiger partial charge on any atom is 0.0485 e. The van der Waals surface area contributed by atoms with Crippen LogP contribution in [0.15, 0.2) is 43.0 Å². The van der Waals surface area contributed by atoms with Crippen molar-refractivity contribution in [2.24, 2.45) is 5.92 Å². The van der Waals surface area contributed by atoms with Gasteiger partial charge in [-0.3, -0.25) is 4.98 Å². The standard InChI is InChI=1S/C16H23N3/c1-4-18-16(13(2)3)15-7-9-19(12-15)11-14-6-5-8-17-10-14/h5-10,12-13,16,18H,4,11H2,1-3H3. The Bertz CT molecular complexity index is 488. The summed E-state index contributed by atoms with van der Waals surface area (Å²) in [5, 5.41) is 3.55. The summed E-state index contributed by atoms with van der Waals surface area (Å²) in [6.07, 6.45) is 8.11. The minimum absolute atomic E-state index is 0.431. The second-order valence-corrected chi connectivity index (χ2v) is 5.26. The molecular formula is C16H23N3. The van der Waals surface area contributed by atoms with E-state index in [0.717, 1.165) is 13.1 Å². The largest absolute Gasteiger partial charge is 0.350 e. The summed E-state index contributed by atoms with van der Waals surface area (Å²) in [6, 6.07) is 6.73. The fourth-order valence-corrected chi connectivity index (χ4v) is 2.40. The lowest BCUT2D eigenvalue weighted by Gasteiger charge is -2.20. The summed E-state index contributed by atoms with van der Waals surface area (Å²) < 4.78 is 2.22. The third-order valence-corrected chi connectivity index (χ3v) is 3.31. The van der Waals surface area contributed by atoms with Crippen LogP contribution in [0, 0.1) is 5.92 Å². The zero-order chi connectivity index (χ0) is 13.7. The van der Waals surface area contributed by atoms with Gasteiger partial charge < -0.3 is 9.88 Å². The Kier molecular flexibility index (Phi) is 4.74. The first-order valence-electron chi connectivity index (χ1n) is 6.98. The normalized spacial score (nSPS) is 12.8. The summed E-state index contributed by atoms with van der Waals surface area (Å²) in [6.45, 7) is 8.54. The van der Waals surface area contributed by atoms with E-state index < -0.39 is 0 Å². The number of hydrogen-bond acceptors (Lipinski definition) is 2. The summed E-state index contributed by atoms with van der Waals surface area (Å²) in [4.78, 5) is 4.15. The molecule has 0 aliphatic rings. The maximum atomic E-state index is 4.15. The van der Waals surface area contributed by atoms with Crippen molar-refractivity contribution in [2.75, 3.05) is 6.54 Å². The number of hydrogen-bond donors (Lipinski definition) is 1. The lowest BCUT2D eigenvalue weighted by atomic mass is 9.98. The summed E-state index contributed by atoms with van der Waals surface area (Å²) in [5.41, 5.74) is 2.59. The molecule has 1 N–H and O–H groups in total. The van der Waals surface area contributed by atoms with Crippen LogP contribution in [-0.2, 0) is 6.54 Å². The third-order valence-electron chi connectivity index (χ3n) is 3.31. The van der Waals surface area contributed by atoms with E-state index in [1.807, 2.05) is 18.5 Å². The molecular weight excluding hydrogens is 234 g/mol. The van der Waals surface area contributed by atoms with Crippen molar-refractivity contribution < 1.29 is 0 Å². The van der Waals surface area contributed by atoms with E-state index in [0.29, 0.717) is 12.0 Å². The van der Waals surface area contributed by atoms with Gasteiger partial charge in [0.15, 0.2) is 0 Å². The quantitative estimate of drug-likeness (QED) is 0.861. The molecule has 1 atom stereocenters. The molecule has 3 heteroatoms. The smallest absolute Gasteiger partial charge is 0.0485 e. The summed E-state index contributed by atoms with van der Waals surface area (Å²) >= 11 is 0. The number of nitrogens with zero attached hydrogens (tertiary/aromatic N) is 2. The molecule has 2 rings (SSSR count). The second-order valence-electron chi connectivity index (χ2n) is 5.26. The molecule has 1 unspecified atom stereocenters. The van der Waals surface area contributed by atoms with Gasteiger partial charge in [0.1, 0.15) is 0 Å². The Morgan fingerprint density at radius 1 is 1.32 bits per heavy atom. The average molecular weight is 257 g/mol. The summed E-state index contributed by atoms with van der Waals surface area (Å²) in [5.74, 6) is 0.592. The molecule has 19 heavy (non-hydrogen) atoms. The average Bonchev–Trinajstić information content (AvgIpc) is 2.85. The lowest BCUT2D eigenvalue weighted by Crippen LogP contribution is -2.25. The van der Waals surface area contributed by atoms with Crippen LogP contribution in [0.2, 0.25) is 0 Å². The van der Waals surface area contributed by atoms with Crippen LogP contribution in [0.5, 0.6) is 0 Å². The van der Waals surface area contributed by atoms with E-state index in [-0.39, 0.29) is 0 Å². The molecule has 0 aliphatic carbocycles. The monoisotopic (exact) mass is 257 g/mol. The fraction of sp³-hybridized carbons (Fsp3) is 0.438. The van der Waals surface area contributed by atoms with Crippen LogP contribution < -0.4 is 5.32 Å². The van der Waals surface area contributed by atoms with Gasteiger partial charge in [0.2, 0.25) is 0 Å². The molecule has 0 aromatic carbocycles. The highest BCUT2D eigenvalue weighted by atomic mass is 15.0. The Labute approximate surface area is 115 Å². The van der Waals surface area contributed by atoms with Crippen molar-refractivity contribution in [3.63, 3.8) is 0 Å². The summed E-state index contributed by atoms with van der Waals surface area (Å²) in [7, 11) is 0. The molecule has 2 heterocycles. The Balaban J connectivity index is 2.10. The first kappa shape index (κ1) is 13.8. The van der Waals surface area contributed by atoms with Crippen LogP contribution in [0.1, 0.15) is 37.9 Å². The van der Waals surface area contributed by atoms with Gasteiger partial charge in [-0.2, -0.15) is 0 Å². The first-order valence-corrected chi connectivity index (χ1v) is 6.98. The van der Waals surface area contributed by atoms with Gasteiger partial charge in [-0.25, -0.2) is 0 Å². The van der Waals surface area contributed by atoms with Crippen LogP contribution >= 0.6 is 0 Å². The maximum absolute atomic E-state index is 4.15. The molecule has 3 nitrogen and oxygen atoms in total. The number of nitrogens with one attached hydrogen (secondary N) is 1. The molecule has 0 radical (unpaired) electrons. The van der Waals surface area contributed by atoms with Gasteiger partial charge in [-0.15, -0.1) is 0 Å². The highest BCUT2D eigenvalue weighted by molar-refractivity contribution is 5.18. The van der Waals surface area contributed by atoms with E-state index in [4.69, 9.17) is 0 Å². The molecule has 2 aromatic heterocycles. The van der Waals surface area contributed by atoms with Crippen molar-refractivity contribution in [1.82, 2.24) is 14.9 Å². The molecule has 0 aliphatic heterocycles. The molecule has 0 spiro atoms. The zero-order valence-corrected chi connectivity index (χ0v) is 12.0. The molecule has 0 bridgehead atoms. The third kappa shape index (κ3) is 3.67. The second kappa shape index (κ2) is 6.53. The molecule has 102 valence electrons. The molecule has 0 amide bonds. The van der Waals surface area contributed by atoms with Crippen molar-refractivity contribution >= 4 is 0 Å². The van der Waals surface area contributed by atoms with Crippen molar-refractivity contribution in [3.8, 4) is 0 Å². The van der Waals surface area contributed by atoms with Gasteiger partial charge in [-0.05, 0) is 35.7 Å². The number of rotatable bonds is 6. The zero-order valence-electron chi connectivity index (χ0n) is 12.0. The number of aromatic nitrogens is 2.